The van der Waals surface area contributed by atoms with Crippen molar-refractivity contribution in [2.24, 2.45) is 0 Å². The molecule has 17 heavy (non-hydrogen) atoms. The molecule has 0 radical (unpaired) electrons. The lowest BCUT2D eigenvalue weighted by molar-refractivity contribution is 0.557. The number of hydrogen-bond donors (Lipinski definition) is 2. The second kappa shape index (κ2) is 6.52. The second-order valence-corrected chi connectivity index (χ2v) is 6.65. The fourth-order valence-corrected chi connectivity index (χ4v) is 4.93. The van der Waals surface area contributed by atoms with Crippen molar-refractivity contribution in [2.75, 3.05) is 30.0 Å². The molecule has 1 aliphatic rings. The number of nitrogens with one attached hydrogen (secondary N) is 1. The molecular weight excluding hydrogens is 250 g/mol. The van der Waals surface area contributed by atoms with Crippen LogP contribution in [0.5, 0.6) is 0 Å². The minimum atomic E-state index is 0.485. The summed E-state index contributed by atoms with van der Waals surface area (Å²) in [7, 11) is 2.04. The number of nitrogen functional groups attached to an aromatic ring is 1. The maximum atomic E-state index is 5.97. The first kappa shape index (κ1) is 13.1. The zero-order valence-electron chi connectivity index (χ0n) is 10.1. The lowest BCUT2D eigenvalue weighted by Crippen LogP contribution is -2.40. The Kier molecular flexibility index (Phi) is 5.00. The largest absolute Gasteiger partial charge is 0.398 e. The van der Waals surface area contributed by atoms with Gasteiger partial charge in [0, 0.05) is 46.6 Å². The Morgan fingerprint density at radius 2 is 2.47 bits per heavy atom. The summed E-state index contributed by atoms with van der Waals surface area (Å²) in [5, 5.41) is 4.11. The number of aromatic nitrogens is 1. The smallest absolute Gasteiger partial charge is 0.0378 e. The summed E-state index contributed by atoms with van der Waals surface area (Å²) < 4.78 is 0. The average Bonchev–Trinajstić information content (AvgIpc) is 2.39. The molecule has 0 amide bonds. The Bertz CT molecular complexity index is 353. The van der Waals surface area contributed by atoms with Crippen LogP contribution in [0.25, 0.3) is 0 Å². The van der Waals surface area contributed by atoms with Crippen molar-refractivity contribution in [2.45, 2.75) is 17.7 Å². The van der Waals surface area contributed by atoms with Crippen molar-refractivity contribution in [1.82, 2.24) is 10.3 Å². The van der Waals surface area contributed by atoms with Gasteiger partial charge in [-0.2, -0.15) is 23.5 Å². The lowest BCUT2D eigenvalue weighted by atomic mass is 10.0. The molecule has 0 aromatic carbocycles. The van der Waals surface area contributed by atoms with E-state index in [1.54, 1.807) is 6.20 Å². The van der Waals surface area contributed by atoms with E-state index in [9.17, 15) is 0 Å². The highest BCUT2D eigenvalue weighted by molar-refractivity contribution is 8.06. The minimum Gasteiger partial charge on any atom is -0.398 e. The van der Waals surface area contributed by atoms with Crippen LogP contribution in [0.3, 0.4) is 0 Å². The Labute approximate surface area is 111 Å². The first-order valence-electron chi connectivity index (χ1n) is 5.86. The number of pyridine rings is 1. The predicted molar refractivity (Wildman–Crippen MR) is 78.8 cm³/mol. The summed E-state index contributed by atoms with van der Waals surface area (Å²) in [6.45, 7) is 0. The predicted octanol–water partition coefficient (Wildman–Crippen LogP) is 1.64. The van der Waals surface area contributed by atoms with E-state index in [2.05, 4.69) is 33.8 Å². The fourth-order valence-electron chi connectivity index (χ4n) is 2.00. The van der Waals surface area contributed by atoms with Crippen LogP contribution < -0.4 is 11.1 Å². The van der Waals surface area contributed by atoms with E-state index >= 15 is 0 Å². The molecule has 2 rings (SSSR count). The maximum absolute atomic E-state index is 5.97. The van der Waals surface area contributed by atoms with E-state index in [0.29, 0.717) is 11.3 Å². The summed E-state index contributed by atoms with van der Waals surface area (Å²) in [5.41, 5.74) is 7.98. The molecule has 1 saturated heterocycles. The van der Waals surface area contributed by atoms with Crippen molar-refractivity contribution in [3.63, 3.8) is 0 Å². The van der Waals surface area contributed by atoms with Crippen LogP contribution in [0.15, 0.2) is 18.5 Å². The van der Waals surface area contributed by atoms with E-state index in [4.69, 9.17) is 5.73 Å². The molecule has 94 valence electrons. The van der Waals surface area contributed by atoms with Crippen molar-refractivity contribution in [3.8, 4) is 0 Å². The zero-order valence-corrected chi connectivity index (χ0v) is 11.7. The molecule has 0 saturated carbocycles. The first-order chi connectivity index (χ1) is 8.31. The summed E-state index contributed by atoms with van der Waals surface area (Å²) in [6.07, 6.45) is 4.60. The van der Waals surface area contributed by atoms with Crippen LogP contribution in [0.2, 0.25) is 0 Å². The number of likely N-dealkylation sites (N-methyl/N-ethyl adjacent to an activating group) is 1. The molecule has 0 spiro atoms. The number of anilines is 1. The molecule has 2 unspecified atom stereocenters. The van der Waals surface area contributed by atoms with E-state index in [0.717, 1.165) is 17.7 Å². The highest BCUT2D eigenvalue weighted by Gasteiger charge is 2.24. The van der Waals surface area contributed by atoms with Crippen LogP contribution in [0.1, 0.15) is 5.56 Å². The van der Waals surface area contributed by atoms with Crippen LogP contribution in [0, 0.1) is 0 Å². The number of hydrogen-bond acceptors (Lipinski definition) is 5. The molecule has 2 heterocycles. The maximum Gasteiger partial charge on any atom is 0.0378 e. The van der Waals surface area contributed by atoms with Crippen LogP contribution in [0.4, 0.5) is 5.69 Å². The van der Waals surface area contributed by atoms with Crippen molar-refractivity contribution < 1.29 is 0 Å². The van der Waals surface area contributed by atoms with Gasteiger partial charge in [0.15, 0.2) is 0 Å². The van der Waals surface area contributed by atoms with E-state index in [1.165, 1.54) is 17.3 Å². The van der Waals surface area contributed by atoms with Crippen LogP contribution in [-0.2, 0) is 6.42 Å². The molecule has 2 atom stereocenters. The zero-order chi connectivity index (χ0) is 12.1. The Hall–Kier alpha value is -0.390. The normalized spacial score (nSPS) is 22.3. The highest BCUT2D eigenvalue weighted by atomic mass is 32.2. The first-order valence-corrected chi connectivity index (χ1v) is 8.06. The van der Waals surface area contributed by atoms with Gasteiger partial charge in [0.1, 0.15) is 0 Å². The molecule has 1 aliphatic heterocycles. The third-order valence-electron chi connectivity index (χ3n) is 3.04. The minimum absolute atomic E-state index is 0.485. The quantitative estimate of drug-likeness (QED) is 0.870. The van der Waals surface area contributed by atoms with Gasteiger partial charge in [0.25, 0.3) is 0 Å². The molecular formula is C12H19N3S2. The number of nitrogens with zero attached hydrogens (tertiary/aromatic N) is 1. The van der Waals surface area contributed by atoms with Gasteiger partial charge >= 0.3 is 0 Å². The topological polar surface area (TPSA) is 50.9 Å². The van der Waals surface area contributed by atoms with Crippen molar-refractivity contribution >= 4 is 29.2 Å². The van der Waals surface area contributed by atoms with Gasteiger partial charge in [-0.25, -0.2) is 0 Å². The Morgan fingerprint density at radius 1 is 1.59 bits per heavy atom. The summed E-state index contributed by atoms with van der Waals surface area (Å²) in [4.78, 5) is 4.16. The number of nitrogens with two attached hydrogens (primary N) is 1. The highest BCUT2D eigenvalue weighted by Crippen LogP contribution is 2.28. The average molecular weight is 269 g/mol. The third-order valence-corrected chi connectivity index (χ3v) is 5.96. The Balaban J connectivity index is 2.01. The Morgan fingerprint density at radius 3 is 3.12 bits per heavy atom. The monoisotopic (exact) mass is 269 g/mol. The summed E-state index contributed by atoms with van der Waals surface area (Å²) >= 11 is 4.13. The van der Waals surface area contributed by atoms with Gasteiger partial charge in [0.2, 0.25) is 0 Å². The van der Waals surface area contributed by atoms with Gasteiger partial charge in [-0.15, -0.1) is 0 Å². The van der Waals surface area contributed by atoms with Gasteiger partial charge in [-0.05, 0) is 25.1 Å². The molecule has 3 nitrogen and oxygen atoms in total. The van der Waals surface area contributed by atoms with Crippen LogP contribution in [-0.4, -0.2) is 40.6 Å². The second-order valence-electron chi connectivity index (χ2n) is 4.16. The molecule has 0 aliphatic carbocycles. The lowest BCUT2D eigenvalue weighted by Gasteiger charge is -2.29. The SMILES string of the molecule is CNC(Cc1cnccc1N)C1CSCCS1. The number of thioether (sulfide) groups is 2. The van der Waals surface area contributed by atoms with E-state index in [1.807, 2.05) is 19.3 Å². The summed E-state index contributed by atoms with van der Waals surface area (Å²) in [6, 6.07) is 2.37. The van der Waals surface area contributed by atoms with Crippen molar-refractivity contribution in [3.05, 3.63) is 24.0 Å². The van der Waals surface area contributed by atoms with Gasteiger partial charge in [0.05, 0.1) is 0 Å². The molecule has 1 aromatic heterocycles. The van der Waals surface area contributed by atoms with Gasteiger partial charge < -0.3 is 11.1 Å². The molecule has 5 heteroatoms. The molecule has 1 aromatic rings. The van der Waals surface area contributed by atoms with Crippen molar-refractivity contribution in [1.29, 1.82) is 0 Å². The fraction of sp³-hybridized carbons (Fsp3) is 0.583. The van der Waals surface area contributed by atoms with E-state index in [-0.39, 0.29) is 0 Å². The third kappa shape index (κ3) is 3.53. The van der Waals surface area contributed by atoms with Crippen LogP contribution >= 0.6 is 23.5 Å². The standard InChI is InChI=1S/C12H19N3S2/c1-14-11(12-8-16-4-5-17-12)6-9-7-15-3-2-10(9)13/h2-3,7,11-12,14H,4-6,8H2,1H3,(H2,13,15). The van der Waals surface area contributed by atoms with E-state index < -0.39 is 0 Å². The number of rotatable bonds is 4. The molecule has 0 bridgehead atoms. The van der Waals surface area contributed by atoms with Gasteiger partial charge in [-0.3, -0.25) is 4.98 Å². The van der Waals surface area contributed by atoms with Gasteiger partial charge in [-0.1, -0.05) is 0 Å². The molecule has 1 fully saturated rings. The molecule has 3 N–H and O–H groups in total. The summed E-state index contributed by atoms with van der Waals surface area (Å²) in [5.74, 6) is 3.78.